The molecule has 21 heavy (non-hydrogen) atoms. The SMILES string of the molecule is CCC(C)c1ccc(C(Br)Cc2cccc(OC)c2)cc1. The molecule has 0 bridgehead atoms. The van der Waals surface area contributed by atoms with Gasteiger partial charge in [0, 0.05) is 4.83 Å². The van der Waals surface area contributed by atoms with Crippen LogP contribution in [-0.2, 0) is 6.42 Å². The second-order valence-corrected chi connectivity index (χ2v) is 6.60. The molecule has 0 amide bonds. The first-order valence-corrected chi connectivity index (χ1v) is 8.42. The van der Waals surface area contributed by atoms with Gasteiger partial charge in [-0.25, -0.2) is 0 Å². The van der Waals surface area contributed by atoms with E-state index in [4.69, 9.17) is 4.74 Å². The summed E-state index contributed by atoms with van der Waals surface area (Å²) < 4.78 is 5.28. The standard InChI is InChI=1S/C19H23BrO/c1-4-14(2)16-8-10-17(11-9-16)19(20)13-15-6-5-7-18(12-15)21-3/h5-12,14,19H,4,13H2,1-3H3. The van der Waals surface area contributed by atoms with Crippen LogP contribution < -0.4 is 4.74 Å². The Bertz CT molecular complexity index is 562. The normalized spacial score (nSPS) is 13.7. The van der Waals surface area contributed by atoms with Gasteiger partial charge >= 0.3 is 0 Å². The van der Waals surface area contributed by atoms with Crippen molar-refractivity contribution in [1.29, 1.82) is 0 Å². The van der Waals surface area contributed by atoms with Crippen molar-refractivity contribution in [3.8, 4) is 5.75 Å². The lowest BCUT2D eigenvalue weighted by molar-refractivity contribution is 0.414. The van der Waals surface area contributed by atoms with E-state index in [0.717, 1.165) is 12.2 Å². The topological polar surface area (TPSA) is 9.23 Å². The zero-order valence-electron chi connectivity index (χ0n) is 13.0. The zero-order chi connectivity index (χ0) is 15.2. The lowest BCUT2D eigenvalue weighted by Crippen LogP contribution is -1.97. The van der Waals surface area contributed by atoms with Gasteiger partial charge in [0.05, 0.1) is 7.11 Å². The summed E-state index contributed by atoms with van der Waals surface area (Å²) in [5.41, 5.74) is 4.02. The predicted octanol–water partition coefficient (Wildman–Crippen LogP) is 5.89. The first kappa shape index (κ1) is 16.1. The number of rotatable bonds is 6. The molecule has 2 atom stereocenters. The smallest absolute Gasteiger partial charge is 0.119 e. The first-order chi connectivity index (χ1) is 10.1. The van der Waals surface area contributed by atoms with E-state index in [9.17, 15) is 0 Å². The number of methoxy groups -OCH3 is 1. The average Bonchev–Trinajstić information content (AvgIpc) is 2.54. The summed E-state index contributed by atoms with van der Waals surface area (Å²) >= 11 is 3.81. The molecular weight excluding hydrogens is 324 g/mol. The lowest BCUT2D eigenvalue weighted by Gasteiger charge is -2.14. The molecule has 0 saturated heterocycles. The summed E-state index contributed by atoms with van der Waals surface area (Å²) in [6, 6.07) is 17.2. The van der Waals surface area contributed by atoms with E-state index in [0.29, 0.717) is 10.7 Å². The molecule has 1 nitrogen and oxygen atoms in total. The summed E-state index contributed by atoms with van der Waals surface area (Å²) in [6.45, 7) is 4.51. The molecule has 2 heteroatoms. The Balaban J connectivity index is 2.07. The first-order valence-electron chi connectivity index (χ1n) is 7.51. The molecule has 0 spiro atoms. The van der Waals surface area contributed by atoms with Crippen LogP contribution in [0.5, 0.6) is 5.75 Å². The van der Waals surface area contributed by atoms with E-state index in [1.165, 1.54) is 23.1 Å². The van der Waals surface area contributed by atoms with Crippen molar-refractivity contribution in [2.45, 2.75) is 37.4 Å². The second kappa shape index (κ2) is 7.65. The van der Waals surface area contributed by atoms with Crippen LogP contribution in [0.3, 0.4) is 0 Å². The fourth-order valence-electron chi connectivity index (χ4n) is 2.39. The van der Waals surface area contributed by atoms with Gasteiger partial charge in [-0.1, -0.05) is 66.2 Å². The Hall–Kier alpha value is -1.28. The van der Waals surface area contributed by atoms with Gasteiger partial charge < -0.3 is 4.74 Å². The number of ether oxygens (including phenoxy) is 1. The van der Waals surface area contributed by atoms with E-state index >= 15 is 0 Å². The van der Waals surface area contributed by atoms with Gasteiger partial charge in [-0.05, 0) is 47.6 Å². The van der Waals surface area contributed by atoms with Crippen LogP contribution in [0.2, 0.25) is 0 Å². The van der Waals surface area contributed by atoms with Crippen molar-refractivity contribution in [1.82, 2.24) is 0 Å². The molecule has 0 N–H and O–H groups in total. The number of halogens is 1. The fraction of sp³-hybridized carbons (Fsp3) is 0.368. The summed E-state index contributed by atoms with van der Waals surface area (Å²) in [6.07, 6.45) is 2.14. The Morgan fingerprint density at radius 3 is 2.33 bits per heavy atom. The highest BCUT2D eigenvalue weighted by atomic mass is 79.9. The number of hydrogen-bond acceptors (Lipinski definition) is 1. The van der Waals surface area contributed by atoms with Crippen molar-refractivity contribution >= 4 is 15.9 Å². The molecule has 0 aliphatic carbocycles. The Morgan fingerprint density at radius 2 is 1.71 bits per heavy atom. The van der Waals surface area contributed by atoms with E-state index in [-0.39, 0.29) is 0 Å². The van der Waals surface area contributed by atoms with Gasteiger partial charge in [0.25, 0.3) is 0 Å². The maximum absolute atomic E-state index is 5.28. The molecule has 2 aromatic rings. The molecule has 2 unspecified atom stereocenters. The molecule has 0 heterocycles. The van der Waals surface area contributed by atoms with Gasteiger partial charge in [-0.15, -0.1) is 0 Å². The third kappa shape index (κ3) is 4.34. The quantitative estimate of drug-likeness (QED) is 0.592. The van der Waals surface area contributed by atoms with Gasteiger partial charge in [-0.2, -0.15) is 0 Å². The van der Waals surface area contributed by atoms with Crippen molar-refractivity contribution in [3.63, 3.8) is 0 Å². The molecule has 0 aromatic heterocycles. The molecule has 112 valence electrons. The van der Waals surface area contributed by atoms with Gasteiger partial charge in [0.15, 0.2) is 0 Å². The Morgan fingerprint density at radius 1 is 1.05 bits per heavy atom. The molecular formula is C19H23BrO. The highest BCUT2D eigenvalue weighted by molar-refractivity contribution is 9.09. The van der Waals surface area contributed by atoms with E-state index in [1.807, 2.05) is 12.1 Å². The van der Waals surface area contributed by atoms with E-state index in [1.54, 1.807) is 7.11 Å². The van der Waals surface area contributed by atoms with Crippen LogP contribution >= 0.6 is 15.9 Å². The van der Waals surface area contributed by atoms with Crippen LogP contribution in [0.15, 0.2) is 48.5 Å². The predicted molar refractivity (Wildman–Crippen MR) is 93.5 cm³/mol. The van der Waals surface area contributed by atoms with E-state index in [2.05, 4.69) is 66.2 Å². The van der Waals surface area contributed by atoms with Crippen LogP contribution in [-0.4, -0.2) is 7.11 Å². The summed E-state index contributed by atoms with van der Waals surface area (Å²) in [5.74, 6) is 1.55. The van der Waals surface area contributed by atoms with Crippen LogP contribution in [0.4, 0.5) is 0 Å². The summed E-state index contributed by atoms with van der Waals surface area (Å²) in [7, 11) is 1.71. The maximum atomic E-state index is 5.28. The molecule has 2 aromatic carbocycles. The summed E-state index contributed by atoms with van der Waals surface area (Å²) in [4.78, 5) is 0.329. The highest BCUT2D eigenvalue weighted by Gasteiger charge is 2.10. The zero-order valence-corrected chi connectivity index (χ0v) is 14.6. The molecule has 0 aliphatic heterocycles. The second-order valence-electron chi connectivity index (χ2n) is 5.50. The Labute approximate surface area is 136 Å². The fourth-order valence-corrected chi connectivity index (χ4v) is 3.07. The Kier molecular flexibility index (Phi) is 5.86. The average molecular weight is 347 g/mol. The summed E-state index contributed by atoms with van der Waals surface area (Å²) in [5, 5.41) is 0. The van der Waals surface area contributed by atoms with Gasteiger partial charge in [-0.3, -0.25) is 0 Å². The molecule has 0 saturated carbocycles. The third-order valence-electron chi connectivity index (χ3n) is 4.03. The minimum atomic E-state index is 0.329. The largest absolute Gasteiger partial charge is 0.497 e. The third-order valence-corrected chi connectivity index (χ3v) is 4.88. The van der Waals surface area contributed by atoms with Crippen LogP contribution in [0.25, 0.3) is 0 Å². The monoisotopic (exact) mass is 346 g/mol. The highest BCUT2D eigenvalue weighted by Crippen LogP contribution is 2.29. The molecule has 2 rings (SSSR count). The van der Waals surface area contributed by atoms with E-state index < -0.39 is 0 Å². The van der Waals surface area contributed by atoms with Crippen LogP contribution in [0.1, 0.15) is 47.7 Å². The minimum Gasteiger partial charge on any atom is -0.497 e. The minimum absolute atomic E-state index is 0.329. The number of benzene rings is 2. The van der Waals surface area contributed by atoms with Crippen molar-refractivity contribution in [2.24, 2.45) is 0 Å². The maximum Gasteiger partial charge on any atom is 0.119 e. The van der Waals surface area contributed by atoms with Gasteiger partial charge in [0.1, 0.15) is 5.75 Å². The van der Waals surface area contributed by atoms with Crippen molar-refractivity contribution in [2.75, 3.05) is 7.11 Å². The van der Waals surface area contributed by atoms with Crippen molar-refractivity contribution in [3.05, 3.63) is 65.2 Å². The molecule has 0 aliphatic rings. The molecule has 0 radical (unpaired) electrons. The van der Waals surface area contributed by atoms with Crippen molar-refractivity contribution < 1.29 is 4.74 Å². The van der Waals surface area contributed by atoms with Crippen LogP contribution in [0, 0.1) is 0 Å². The lowest BCUT2D eigenvalue weighted by atomic mass is 9.96. The number of hydrogen-bond donors (Lipinski definition) is 0. The van der Waals surface area contributed by atoms with Gasteiger partial charge in [0.2, 0.25) is 0 Å². The molecule has 0 fully saturated rings. The number of alkyl halides is 1.